The first-order valence-electron chi connectivity index (χ1n) is 12.3. The maximum absolute atomic E-state index is 13.6. The molecule has 0 saturated carbocycles. The lowest BCUT2D eigenvalue weighted by Gasteiger charge is -2.31. The van der Waals surface area contributed by atoms with Gasteiger partial charge in [0.05, 0.1) is 6.54 Å². The van der Waals surface area contributed by atoms with Crippen LogP contribution in [0.2, 0.25) is 0 Å². The summed E-state index contributed by atoms with van der Waals surface area (Å²) in [5, 5.41) is 3.10. The summed E-state index contributed by atoms with van der Waals surface area (Å²) in [4.78, 5) is 25.1. The fourth-order valence-corrected chi connectivity index (χ4v) is 4.65. The van der Waals surface area contributed by atoms with E-state index in [4.69, 9.17) is 10.7 Å². The molecular formula is C26H28F3N7O2. The van der Waals surface area contributed by atoms with Gasteiger partial charge in [0.25, 0.3) is 5.56 Å². The zero-order valence-corrected chi connectivity index (χ0v) is 20.8. The zero-order valence-electron chi connectivity index (χ0n) is 20.8. The quantitative estimate of drug-likeness (QED) is 0.379. The fourth-order valence-electron chi connectivity index (χ4n) is 4.65. The number of imidazole rings is 1. The molecule has 0 radical (unpaired) electrons. The van der Waals surface area contributed by atoms with E-state index in [1.807, 2.05) is 34.9 Å². The lowest BCUT2D eigenvalue weighted by Crippen LogP contribution is -2.44. The molecule has 1 fully saturated rings. The molecule has 1 unspecified atom stereocenters. The normalized spacial score (nSPS) is 16.1. The molecule has 38 heavy (non-hydrogen) atoms. The molecule has 9 nitrogen and oxygen atoms in total. The van der Waals surface area contributed by atoms with E-state index in [1.165, 1.54) is 28.8 Å². The molecule has 3 N–H and O–H groups in total. The van der Waals surface area contributed by atoms with Gasteiger partial charge < -0.3 is 20.7 Å². The number of halogens is 3. The van der Waals surface area contributed by atoms with E-state index in [9.17, 15) is 18.0 Å². The first kappa shape index (κ1) is 25.6. The summed E-state index contributed by atoms with van der Waals surface area (Å²) in [6.07, 6.45) is -2.88. The second-order valence-corrected chi connectivity index (χ2v) is 9.35. The van der Waals surface area contributed by atoms with Crippen molar-refractivity contribution in [3.63, 3.8) is 0 Å². The fraction of sp³-hybridized carbons (Fsp3) is 0.346. The van der Waals surface area contributed by atoms with Gasteiger partial charge in [-0.25, -0.2) is 0 Å². The predicted molar refractivity (Wildman–Crippen MR) is 138 cm³/mol. The van der Waals surface area contributed by atoms with Crippen LogP contribution in [0.25, 0.3) is 11.2 Å². The second-order valence-electron chi connectivity index (χ2n) is 9.35. The van der Waals surface area contributed by atoms with Gasteiger partial charge in [-0.15, -0.1) is 13.2 Å². The van der Waals surface area contributed by atoms with Crippen LogP contribution < -0.4 is 26.2 Å². The third kappa shape index (κ3) is 5.59. The summed E-state index contributed by atoms with van der Waals surface area (Å²) >= 11 is 0. The lowest BCUT2D eigenvalue weighted by atomic mass is 10.1. The molecule has 1 aliphatic rings. The van der Waals surface area contributed by atoms with E-state index < -0.39 is 6.36 Å². The van der Waals surface area contributed by atoms with E-state index in [1.54, 1.807) is 7.05 Å². The molecule has 200 valence electrons. The van der Waals surface area contributed by atoms with Crippen molar-refractivity contribution in [2.75, 3.05) is 23.3 Å². The standard InChI is InChI=1S/C26H28F3N7O2/c1-34-23(37)21-22(32-24(34)31-14-17-9-11-20(12-10-17)38-26(27,28)29)33-25(35-13-5-8-19(30)16-35)36(21)15-18-6-3-2-4-7-18/h2-4,6-7,9-12,19H,5,8,13-16,30H2,1H3,(H,31,32). The number of aromatic nitrogens is 4. The predicted octanol–water partition coefficient (Wildman–Crippen LogP) is 3.62. The summed E-state index contributed by atoms with van der Waals surface area (Å²) in [6, 6.07) is 15.4. The van der Waals surface area contributed by atoms with E-state index >= 15 is 0 Å². The summed E-state index contributed by atoms with van der Waals surface area (Å²) in [6.45, 7) is 2.11. The monoisotopic (exact) mass is 527 g/mol. The van der Waals surface area contributed by atoms with Crippen LogP contribution in [0, 0.1) is 0 Å². The van der Waals surface area contributed by atoms with Gasteiger partial charge in [-0.3, -0.25) is 13.9 Å². The number of benzene rings is 2. The Morgan fingerprint density at radius 3 is 2.50 bits per heavy atom. The molecule has 1 atom stereocenters. The van der Waals surface area contributed by atoms with Gasteiger partial charge in [0.2, 0.25) is 11.9 Å². The number of hydrogen-bond acceptors (Lipinski definition) is 7. The highest BCUT2D eigenvalue weighted by Crippen LogP contribution is 2.26. The molecule has 0 spiro atoms. The molecule has 4 aromatic rings. The SMILES string of the molecule is Cn1c(NCc2ccc(OC(F)(F)F)cc2)nc2nc(N3CCCC(N)C3)n(Cc3ccccc3)c2c1=O. The van der Waals surface area contributed by atoms with Crippen LogP contribution in [0.5, 0.6) is 5.75 Å². The van der Waals surface area contributed by atoms with Gasteiger partial charge in [0, 0.05) is 32.7 Å². The number of fused-ring (bicyclic) bond motifs is 1. The summed E-state index contributed by atoms with van der Waals surface area (Å²) in [7, 11) is 1.62. The van der Waals surface area contributed by atoms with Crippen LogP contribution in [0.4, 0.5) is 25.1 Å². The summed E-state index contributed by atoms with van der Waals surface area (Å²) < 4.78 is 44.5. The molecule has 3 heterocycles. The van der Waals surface area contributed by atoms with Crippen LogP contribution in [0.3, 0.4) is 0 Å². The number of ether oxygens (including phenoxy) is 1. The van der Waals surface area contributed by atoms with Crippen molar-refractivity contribution >= 4 is 23.1 Å². The molecular weight excluding hydrogens is 499 g/mol. The molecule has 0 amide bonds. The van der Waals surface area contributed by atoms with E-state index in [0.29, 0.717) is 41.7 Å². The van der Waals surface area contributed by atoms with Crippen LogP contribution in [0.15, 0.2) is 59.4 Å². The Bertz CT molecular complexity index is 1470. The van der Waals surface area contributed by atoms with Crippen molar-refractivity contribution in [2.24, 2.45) is 12.8 Å². The van der Waals surface area contributed by atoms with Crippen molar-refractivity contribution in [3.05, 3.63) is 76.1 Å². The average Bonchev–Trinajstić information content (AvgIpc) is 3.24. The van der Waals surface area contributed by atoms with E-state index in [-0.39, 0.29) is 23.9 Å². The van der Waals surface area contributed by atoms with Crippen molar-refractivity contribution in [1.82, 2.24) is 19.1 Å². The molecule has 5 rings (SSSR count). The van der Waals surface area contributed by atoms with E-state index in [0.717, 1.165) is 24.9 Å². The van der Waals surface area contributed by atoms with Gasteiger partial charge in [-0.05, 0) is 36.1 Å². The molecule has 2 aromatic heterocycles. The molecule has 1 saturated heterocycles. The number of anilines is 2. The number of alkyl halides is 3. The Labute approximate surface area is 216 Å². The maximum Gasteiger partial charge on any atom is 0.573 e. The van der Waals surface area contributed by atoms with Crippen molar-refractivity contribution in [3.8, 4) is 5.75 Å². The molecule has 2 aromatic carbocycles. The van der Waals surface area contributed by atoms with Gasteiger partial charge in [0.1, 0.15) is 5.75 Å². The highest BCUT2D eigenvalue weighted by Gasteiger charge is 2.31. The highest BCUT2D eigenvalue weighted by atomic mass is 19.4. The van der Waals surface area contributed by atoms with E-state index in [2.05, 4.69) is 19.9 Å². The molecule has 0 aliphatic carbocycles. The molecule has 1 aliphatic heterocycles. The van der Waals surface area contributed by atoms with Crippen LogP contribution in [-0.4, -0.2) is 44.6 Å². The van der Waals surface area contributed by atoms with Gasteiger partial charge in [0.15, 0.2) is 11.2 Å². The minimum Gasteiger partial charge on any atom is -0.406 e. The molecule has 0 bridgehead atoms. The van der Waals surface area contributed by atoms with Gasteiger partial charge in [-0.1, -0.05) is 42.5 Å². The van der Waals surface area contributed by atoms with Crippen LogP contribution in [0.1, 0.15) is 24.0 Å². The van der Waals surface area contributed by atoms with Crippen molar-refractivity contribution in [1.29, 1.82) is 0 Å². The zero-order chi connectivity index (χ0) is 26.9. The number of hydrogen-bond donors (Lipinski definition) is 2. The summed E-state index contributed by atoms with van der Waals surface area (Å²) in [5.41, 5.74) is 8.40. The largest absolute Gasteiger partial charge is 0.573 e. The Hall–Kier alpha value is -4.06. The third-order valence-electron chi connectivity index (χ3n) is 6.50. The number of piperidine rings is 1. The average molecular weight is 528 g/mol. The summed E-state index contributed by atoms with van der Waals surface area (Å²) in [5.74, 6) is 0.646. The Kier molecular flexibility index (Phi) is 6.98. The highest BCUT2D eigenvalue weighted by molar-refractivity contribution is 5.75. The smallest absolute Gasteiger partial charge is 0.406 e. The minimum atomic E-state index is -4.75. The van der Waals surface area contributed by atoms with Gasteiger partial charge >= 0.3 is 6.36 Å². The first-order chi connectivity index (χ1) is 18.2. The van der Waals surface area contributed by atoms with Gasteiger partial charge in [-0.2, -0.15) is 9.97 Å². The Morgan fingerprint density at radius 2 is 1.82 bits per heavy atom. The van der Waals surface area contributed by atoms with Crippen LogP contribution >= 0.6 is 0 Å². The number of nitrogens with one attached hydrogen (secondary N) is 1. The minimum absolute atomic E-state index is 0.0228. The second kappa shape index (κ2) is 10.4. The maximum atomic E-state index is 13.6. The first-order valence-corrected chi connectivity index (χ1v) is 12.3. The topological polar surface area (TPSA) is 103 Å². The van der Waals surface area contributed by atoms with Crippen molar-refractivity contribution < 1.29 is 17.9 Å². The van der Waals surface area contributed by atoms with Crippen molar-refractivity contribution in [2.45, 2.75) is 38.3 Å². The molecule has 12 heteroatoms. The lowest BCUT2D eigenvalue weighted by molar-refractivity contribution is -0.274. The van der Waals surface area contributed by atoms with Crippen LogP contribution in [-0.2, 0) is 20.1 Å². The third-order valence-corrected chi connectivity index (χ3v) is 6.50. The Morgan fingerprint density at radius 1 is 1.08 bits per heavy atom. The number of rotatable bonds is 7. The Balaban J connectivity index is 1.46. The number of nitrogens with two attached hydrogens (primary N) is 1. The number of nitrogens with zero attached hydrogens (tertiary/aromatic N) is 5.